The van der Waals surface area contributed by atoms with Crippen molar-refractivity contribution < 1.29 is 14.3 Å². The Morgan fingerprint density at radius 3 is 2.29 bits per heavy atom. The lowest BCUT2D eigenvalue weighted by Crippen LogP contribution is -2.25. The molecule has 1 amide bonds. The van der Waals surface area contributed by atoms with E-state index < -0.39 is 5.60 Å². The van der Waals surface area contributed by atoms with Crippen molar-refractivity contribution in [3.8, 4) is 0 Å². The molecule has 0 aliphatic heterocycles. The molecule has 0 atom stereocenters. The number of rotatable bonds is 6. The van der Waals surface area contributed by atoms with E-state index >= 15 is 0 Å². The first-order chi connectivity index (χ1) is 7.72. The van der Waals surface area contributed by atoms with Crippen LogP contribution in [0.4, 0.5) is 0 Å². The van der Waals surface area contributed by atoms with Crippen molar-refractivity contribution in [2.75, 3.05) is 6.54 Å². The number of amides is 1. The Hall–Kier alpha value is -1.32. The maximum absolute atomic E-state index is 11.3. The van der Waals surface area contributed by atoms with Gasteiger partial charge in [-0.2, -0.15) is 0 Å². The fourth-order valence-electron chi connectivity index (χ4n) is 1.14. The Bertz CT molecular complexity index is 290. The predicted octanol–water partition coefficient (Wildman–Crippen LogP) is 2.19. The Labute approximate surface area is 103 Å². The van der Waals surface area contributed by atoms with Gasteiger partial charge in [0, 0.05) is 18.5 Å². The van der Waals surface area contributed by atoms with Crippen molar-refractivity contribution in [2.24, 2.45) is 0 Å². The van der Waals surface area contributed by atoms with Gasteiger partial charge in [-0.1, -0.05) is 6.58 Å². The van der Waals surface area contributed by atoms with Crippen molar-refractivity contribution >= 4 is 11.9 Å². The number of unbranched alkanes of at least 4 members (excludes halogenated alkanes) is 1. The van der Waals surface area contributed by atoms with Gasteiger partial charge in [0.05, 0.1) is 0 Å². The first kappa shape index (κ1) is 15.7. The fourth-order valence-corrected chi connectivity index (χ4v) is 1.14. The summed E-state index contributed by atoms with van der Waals surface area (Å²) in [5.74, 6) is -0.328. The van der Waals surface area contributed by atoms with Crippen molar-refractivity contribution in [2.45, 2.75) is 52.6 Å². The lowest BCUT2D eigenvalue weighted by atomic mass is 10.2. The zero-order valence-electron chi connectivity index (χ0n) is 11.3. The lowest BCUT2D eigenvalue weighted by Gasteiger charge is -2.19. The highest BCUT2D eigenvalue weighted by atomic mass is 16.6. The van der Waals surface area contributed by atoms with Gasteiger partial charge in [0.2, 0.25) is 5.91 Å². The molecule has 0 aromatic heterocycles. The molecule has 0 aliphatic rings. The van der Waals surface area contributed by atoms with Gasteiger partial charge in [-0.05, 0) is 40.5 Å². The summed E-state index contributed by atoms with van der Waals surface area (Å²) >= 11 is 0. The Morgan fingerprint density at radius 1 is 1.24 bits per heavy atom. The van der Waals surface area contributed by atoms with Crippen LogP contribution in [0.15, 0.2) is 12.2 Å². The smallest absolute Gasteiger partial charge is 0.306 e. The van der Waals surface area contributed by atoms with E-state index in [-0.39, 0.29) is 11.9 Å². The second-order valence-electron chi connectivity index (χ2n) is 5.08. The average molecular weight is 241 g/mol. The minimum Gasteiger partial charge on any atom is -0.460 e. The minimum atomic E-state index is -0.425. The molecule has 0 rings (SSSR count). The van der Waals surface area contributed by atoms with Crippen LogP contribution in [0.2, 0.25) is 0 Å². The van der Waals surface area contributed by atoms with Crippen LogP contribution in [0.3, 0.4) is 0 Å². The standard InChI is InChI=1S/C13H23NO3/c1-10(2)12(16)14-9-7-6-8-11(15)17-13(3,4)5/h1,6-9H2,2-5H3,(H,14,16). The Morgan fingerprint density at radius 2 is 1.82 bits per heavy atom. The third-order valence-corrected chi connectivity index (χ3v) is 1.90. The van der Waals surface area contributed by atoms with Gasteiger partial charge in [-0.25, -0.2) is 0 Å². The minimum absolute atomic E-state index is 0.137. The van der Waals surface area contributed by atoms with Gasteiger partial charge in [-0.3, -0.25) is 9.59 Å². The van der Waals surface area contributed by atoms with Crippen LogP contribution in [0.5, 0.6) is 0 Å². The van der Waals surface area contributed by atoms with Crippen LogP contribution in [0, 0.1) is 0 Å². The van der Waals surface area contributed by atoms with Gasteiger partial charge in [0.15, 0.2) is 0 Å². The Balaban J connectivity index is 3.56. The summed E-state index contributed by atoms with van der Waals surface area (Å²) < 4.78 is 5.16. The van der Waals surface area contributed by atoms with E-state index in [4.69, 9.17) is 4.74 Å². The second-order valence-corrected chi connectivity index (χ2v) is 5.08. The van der Waals surface area contributed by atoms with Crippen LogP contribution in [0.25, 0.3) is 0 Å². The quantitative estimate of drug-likeness (QED) is 0.440. The molecule has 0 fully saturated rings. The maximum Gasteiger partial charge on any atom is 0.306 e. The normalized spacial score (nSPS) is 10.8. The summed E-state index contributed by atoms with van der Waals surface area (Å²) in [6, 6.07) is 0. The summed E-state index contributed by atoms with van der Waals surface area (Å²) in [6.45, 7) is 11.3. The average Bonchev–Trinajstić information content (AvgIpc) is 2.13. The number of nitrogens with one attached hydrogen (secondary N) is 1. The molecule has 17 heavy (non-hydrogen) atoms. The van der Waals surface area contributed by atoms with Crippen LogP contribution in [-0.2, 0) is 14.3 Å². The van der Waals surface area contributed by atoms with Crippen molar-refractivity contribution in [1.82, 2.24) is 5.32 Å². The summed E-state index contributed by atoms with van der Waals surface area (Å²) in [4.78, 5) is 22.5. The molecule has 0 bridgehead atoms. The summed E-state index contributed by atoms with van der Waals surface area (Å²) in [5, 5.41) is 2.71. The van der Waals surface area contributed by atoms with Crippen LogP contribution >= 0.6 is 0 Å². The van der Waals surface area contributed by atoms with Gasteiger partial charge in [0.25, 0.3) is 0 Å². The van der Waals surface area contributed by atoms with Crippen molar-refractivity contribution in [3.05, 3.63) is 12.2 Å². The molecule has 0 unspecified atom stereocenters. The van der Waals surface area contributed by atoms with E-state index in [1.54, 1.807) is 6.92 Å². The molecule has 0 saturated carbocycles. The molecule has 0 aromatic rings. The number of hydrogen-bond donors (Lipinski definition) is 1. The van der Waals surface area contributed by atoms with Gasteiger partial charge in [0.1, 0.15) is 5.60 Å². The lowest BCUT2D eigenvalue weighted by molar-refractivity contribution is -0.154. The second kappa shape index (κ2) is 7.09. The van der Waals surface area contributed by atoms with Gasteiger partial charge >= 0.3 is 5.97 Å². The summed E-state index contributed by atoms with van der Waals surface area (Å²) in [7, 11) is 0. The van der Waals surface area contributed by atoms with Crippen LogP contribution in [0.1, 0.15) is 47.0 Å². The molecule has 4 nitrogen and oxygen atoms in total. The number of hydrogen-bond acceptors (Lipinski definition) is 3. The molecular weight excluding hydrogens is 218 g/mol. The number of carbonyl (C=O) groups is 2. The SMILES string of the molecule is C=C(C)C(=O)NCCCCC(=O)OC(C)(C)C. The molecule has 0 aromatic carbocycles. The highest BCUT2D eigenvalue weighted by Crippen LogP contribution is 2.09. The molecule has 98 valence electrons. The topological polar surface area (TPSA) is 55.4 Å². The maximum atomic E-state index is 11.3. The van der Waals surface area contributed by atoms with Crippen molar-refractivity contribution in [3.63, 3.8) is 0 Å². The third kappa shape index (κ3) is 9.60. The van der Waals surface area contributed by atoms with Crippen LogP contribution < -0.4 is 5.32 Å². The van der Waals surface area contributed by atoms with E-state index in [1.165, 1.54) is 0 Å². The molecule has 0 heterocycles. The fraction of sp³-hybridized carbons (Fsp3) is 0.692. The van der Waals surface area contributed by atoms with Crippen molar-refractivity contribution in [1.29, 1.82) is 0 Å². The monoisotopic (exact) mass is 241 g/mol. The number of carbonyl (C=O) groups excluding carboxylic acids is 2. The number of esters is 1. The molecule has 0 radical (unpaired) electrons. The first-order valence-electron chi connectivity index (χ1n) is 5.88. The van der Waals surface area contributed by atoms with E-state index in [0.717, 1.165) is 6.42 Å². The van der Waals surface area contributed by atoms with E-state index in [1.807, 2.05) is 20.8 Å². The van der Waals surface area contributed by atoms with Gasteiger partial charge < -0.3 is 10.1 Å². The summed E-state index contributed by atoms with van der Waals surface area (Å²) in [6.07, 6.45) is 1.86. The highest BCUT2D eigenvalue weighted by Gasteiger charge is 2.15. The molecule has 4 heteroatoms. The molecule has 0 aliphatic carbocycles. The third-order valence-electron chi connectivity index (χ3n) is 1.90. The zero-order valence-corrected chi connectivity index (χ0v) is 11.3. The van der Waals surface area contributed by atoms with Gasteiger partial charge in [-0.15, -0.1) is 0 Å². The number of ether oxygens (including phenoxy) is 1. The van der Waals surface area contributed by atoms with Crippen LogP contribution in [-0.4, -0.2) is 24.0 Å². The first-order valence-corrected chi connectivity index (χ1v) is 5.88. The highest BCUT2D eigenvalue weighted by molar-refractivity contribution is 5.91. The largest absolute Gasteiger partial charge is 0.460 e. The van der Waals surface area contributed by atoms with E-state index in [0.29, 0.717) is 25.0 Å². The zero-order chi connectivity index (χ0) is 13.5. The molecule has 0 saturated heterocycles. The molecule has 0 spiro atoms. The van der Waals surface area contributed by atoms with E-state index in [9.17, 15) is 9.59 Å². The summed E-state index contributed by atoms with van der Waals surface area (Å²) in [5.41, 5.74) is 0.0720. The molecule has 1 N–H and O–H groups in total. The Kier molecular flexibility index (Phi) is 6.54. The predicted molar refractivity (Wildman–Crippen MR) is 67.5 cm³/mol. The molecular formula is C13H23NO3. The van der Waals surface area contributed by atoms with E-state index in [2.05, 4.69) is 11.9 Å².